The molecule has 0 unspecified atom stereocenters. The minimum Gasteiger partial charge on any atom is -0.351 e. The summed E-state index contributed by atoms with van der Waals surface area (Å²) >= 11 is 0. The standard InChI is InChI=1S/C21H28N4O5S/c1-5-24(15(2)3)13-12-22-21(26)17-7-9-18(10-8-17)23-31(29,30)19-11-6-16(4)20(14-19)25(27)28/h6-11,14-15,23H,5,12-13H2,1-4H3,(H,22,26). The van der Waals surface area contributed by atoms with Gasteiger partial charge in [-0.05, 0) is 57.6 Å². The Labute approximate surface area is 182 Å². The maximum atomic E-state index is 12.6. The van der Waals surface area contributed by atoms with Crippen molar-refractivity contribution in [3.8, 4) is 0 Å². The third-order valence-electron chi connectivity index (χ3n) is 4.91. The number of nitro benzene ring substituents is 1. The van der Waals surface area contributed by atoms with Gasteiger partial charge >= 0.3 is 0 Å². The van der Waals surface area contributed by atoms with Crippen LogP contribution in [0.5, 0.6) is 0 Å². The first kappa shape index (κ1) is 24.3. The lowest BCUT2D eigenvalue weighted by atomic mass is 10.2. The van der Waals surface area contributed by atoms with E-state index in [2.05, 4.69) is 35.7 Å². The largest absolute Gasteiger partial charge is 0.351 e. The van der Waals surface area contributed by atoms with Crippen molar-refractivity contribution in [2.24, 2.45) is 0 Å². The molecular formula is C21H28N4O5S. The molecule has 0 aliphatic rings. The zero-order valence-electron chi connectivity index (χ0n) is 18.1. The topological polar surface area (TPSA) is 122 Å². The lowest BCUT2D eigenvalue weighted by Crippen LogP contribution is -2.38. The van der Waals surface area contributed by atoms with Crippen LogP contribution >= 0.6 is 0 Å². The first-order chi connectivity index (χ1) is 14.5. The number of carbonyl (C=O) groups excluding carboxylic acids is 1. The predicted molar refractivity (Wildman–Crippen MR) is 120 cm³/mol. The SMILES string of the molecule is CCN(CCNC(=O)c1ccc(NS(=O)(=O)c2ccc(C)c([N+](=O)[O-])c2)cc1)C(C)C. The number of rotatable bonds is 10. The number of amides is 1. The molecule has 10 heteroatoms. The van der Waals surface area contributed by atoms with E-state index in [1.807, 2.05) is 0 Å². The minimum atomic E-state index is -4.01. The average molecular weight is 449 g/mol. The molecule has 2 aromatic carbocycles. The van der Waals surface area contributed by atoms with Crippen LogP contribution in [0.15, 0.2) is 47.4 Å². The second-order valence-electron chi connectivity index (χ2n) is 7.37. The Morgan fingerprint density at radius 1 is 1.16 bits per heavy atom. The van der Waals surface area contributed by atoms with Crippen LogP contribution in [0, 0.1) is 17.0 Å². The summed E-state index contributed by atoms with van der Waals surface area (Å²) in [6.45, 7) is 9.93. The van der Waals surface area contributed by atoms with E-state index < -0.39 is 14.9 Å². The molecule has 0 saturated heterocycles. The van der Waals surface area contributed by atoms with Crippen molar-refractivity contribution in [3.05, 3.63) is 63.7 Å². The molecule has 0 aromatic heterocycles. The number of anilines is 1. The Bertz CT molecular complexity index is 1040. The fourth-order valence-corrected chi connectivity index (χ4v) is 4.13. The van der Waals surface area contributed by atoms with Crippen molar-refractivity contribution >= 4 is 27.3 Å². The lowest BCUT2D eigenvalue weighted by Gasteiger charge is -2.24. The molecule has 0 atom stereocenters. The zero-order chi connectivity index (χ0) is 23.2. The van der Waals surface area contributed by atoms with E-state index in [1.54, 1.807) is 0 Å². The Morgan fingerprint density at radius 2 is 1.81 bits per heavy atom. The van der Waals surface area contributed by atoms with Gasteiger partial charge in [0.15, 0.2) is 0 Å². The van der Waals surface area contributed by atoms with Crippen LogP contribution in [-0.4, -0.2) is 49.8 Å². The van der Waals surface area contributed by atoms with E-state index in [4.69, 9.17) is 0 Å². The van der Waals surface area contributed by atoms with Gasteiger partial charge in [-0.3, -0.25) is 24.5 Å². The van der Waals surface area contributed by atoms with Gasteiger partial charge in [-0.1, -0.05) is 13.0 Å². The number of carbonyl (C=O) groups is 1. The highest BCUT2D eigenvalue weighted by molar-refractivity contribution is 7.92. The van der Waals surface area contributed by atoms with Crippen LogP contribution in [-0.2, 0) is 10.0 Å². The van der Waals surface area contributed by atoms with Crippen LogP contribution in [0.25, 0.3) is 0 Å². The third-order valence-corrected chi connectivity index (χ3v) is 6.29. The molecule has 2 N–H and O–H groups in total. The Morgan fingerprint density at radius 3 is 2.35 bits per heavy atom. The van der Waals surface area contributed by atoms with Gasteiger partial charge in [0.25, 0.3) is 21.6 Å². The molecule has 0 spiro atoms. The van der Waals surface area contributed by atoms with Crippen molar-refractivity contribution in [3.63, 3.8) is 0 Å². The summed E-state index contributed by atoms with van der Waals surface area (Å²) in [6.07, 6.45) is 0. The van der Waals surface area contributed by atoms with Crippen LogP contribution in [0.2, 0.25) is 0 Å². The number of nitrogens with zero attached hydrogens (tertiary/aromatic N) is 2. The molecule has 0 heterocycles. The molecule has 1 amide bonds. The van der Waals surface area contributed by atoms with E-state index in [-0.39, 0.29) is 22.2 Å². The fourth-order valence-electron chi connectivity index (χ4n) is 3.05. The van der Waals surface area contributed by atoms with E-state index in [1.165, 1.54) is 43.3 Å². The van der Waals surface area contributed by atoms with Crippen LogP contribution in [0.1, 0.15) is 36.7 Å². The molecule has 0 fully saturated rings. The number of nitrogens with one attached hydrogen (secondary N) is 2. The minimum absolute atomic E-state index is 0.211. The lowest BCUT2D eigenvalue weighted by molar-refractivity contribution is -0.385. The number of hydrogen-bond acceptors (Lipinski definition) is 6. The highest BCUT2D eigenvalue weighted by Crippen LogP contribution is 2.24. The Balaban J connectivity index is 2.04. The summed E-state index contributed by atoms with van der Waals surface area (Å²) in [5, 5.41) is 13.9. The average Bonchev–Trinajstić information content (AvgIpc) is 2.71. The normalized spacial score (nSPS) is 11.5. The zero-order valence-corrected chi connectivity index (χ0v) is 18.9. The molecule has 0 radical (unpaired) electrons. The molecule has 0 saturated carbocycles. The molecule has 0 bridgehead atoms. The van der Waals surface area contributed by atoms with Crippen molar-refractivity contribution in [2.45, 2.75) is 38.6 Å². The van der Waals surface area contributed by atoms with Gasteiger partial charge in [-0.15, -0.1) is 0 Å². The molecular weight excluding hydrogens is 420 g/mol. The Kier molecular flexibility index (Phi) is 8.12. The number of nitro groups is 1. The van der Waals surface area contributed by atoms with Gasteiger partial charge in [0.2, 0.25) is 0 Å². The quantitative estimate of drug-likeness (QED) is 0.425. The fraction of sp³-hybridized carbons (Fsp3) is 0.381. The van der Waals surface area contributed by atoms with Crippen LogP contribution in [0.3, 0.4) is 0 Å². The van der Waals surface area contributed by atoms with E-state index in [0.29, 0.717) is 23.7 Å². The van der Waals surface area contributed by atoms with Crippen molar-refractivity contribution < 1.29 is 18.1 Å². The van der Waals surface area contributed by atoms with E-state index >= 15 is 0 Å². The van der Waals surface area contributed by atoms with Gasteiger partial charge in [0, 0.05) is 42.0 Å². The molecule has 2 aromatic rings. The number of aryl methyl sites for hydroxylation is 1. The van der Waals surface area contributed by atoms with Crippen molar-refractivity contribution in [1.82, 2.24) is 10.2 Å². The van der Waals surface area contributed by atoms with Gasteiger partial charge in [-0.2, -0.15) is 0 Å². The molecule has 31 heavy (non-hydrogen) atoms. The van der Waals surface area contributed by atoms with Crippen LogP contribution < -0.4 is 10.0 Å². The summed E-state index contributed by atoms with van der Waals surface area (Å²) in [4.78, 5) is 24.8. The van der Waals surface area contributed by atoms with E-state index in [0.717, 1.165) is 19.2 Å². The van der Waals surface area contributed by atoms with Gasteiger partial charge in [-0.25, -0.2) is 8.42 Å². The smallest absolute Gasteiger partial charge is 0.273 e. The summed E-state index contributed by atoms with van der Waals surface area (Å²) < 4.78 is 27.5. The Hall–Kier alpha value is -2.98. The van der Waals surface area contributed by atoms with Gasteiger partial charge in [0.1, 0.15) is 0 Å². The van der Waals surface area contributed by atoms with Crippen molar-refractivity contribution in [1.29, 1.82) is 0 Å². The van der Waals surface area contributed by atoms with Crippen molar-refractivity contribution in [2.75, 3.05) is 24.4 Å². The van der Waals surface area contributed by atoms with Gasteiger partial charge in [0.05, 0.1) is 9.82 Å². The number of hydrogen-bond donors (Lipinski definition) is 2. The van der Waals surface area contributed by atoms with Crippen LogP contribution in [0.4, 0.5) is 11.4 Å². The number of sulfonamides is 1. The summed E-state index contributed by atoms with van der Waals surface area (Å²) in [5.41, 5.74) is 0.752. The first-order valence-electron chi connectivity index (χ1n) is 9.95. The summed E-state index contributed by atoms with van der Waals surface area (Å²) in [6, 6.07) is 10.1. The highest BCUT2D eigenvalue weighted by Gasteiger charge is 2.20. The second-order valence-corrected chi connectivity index (χ2v) is 9.05. The molecule has 0 aliphatic heterocycles. The second kappa shape index (κ2) is 10.4. The molecule has 168 valence electrons. The molecule has 2 rings (SSSR count). The highest BCUT2D eigenvalue weighted by atomic mass is 32.2. The van der Waals surface area contributed by atoms with Gasteiger partial charge < -0.3 is 5.32 Å². The number of likely N-dealkylation sites (N-methyl/N-ethyl adjacent to an activating group) is 1. The number of benzene rings is 2. The third kappa shape index (κ3) is 6.50. The summed E-state index contributed by atoms with van der Waals surface area (Å²) in [5.74, 6) is -0.247. The first-order valence-corrected chi connectivity index (χ1v) is 11.4. The van der Waals surface area contributed by atoms with E-state index in [9.17, 15) is 23.3 Å². The monoisotopic (exact) mass is 448 g/mol. The maximum absolute atomic E-state index is 12.6. The molecule has 0 aliphatic carbocycles. The predicted octanol–water partition coefficient (Wildman–Crippen LogP) is 3.16. The maximum Gasteiger partial charge on any atom is 0.273 e. The molecule has 9 nitrogen and oxygen atoms in total. The summed E-state index contributed by atoms with van der Waals surface area (Å²) in [7, 11) is -4.01.